The van der Waals surface area contributed by atoms with Gasteiger partial charge in [0.15, 0.2) is 0 Å². The molecule has 0 aromatic carbocycles. The summed E-state index contributed by atoms with van der Waals surface area (Å²) in [6, 6.07) is 0. The van der Waals surface area contributed by atoms with Gasteiger partial charge in [0.05, 0.1) is 5.75 Å². The Labute approximate surface area is 88.7 Å². The van der Waals surface area contributed by atoms with Crippen LogP contribution in [0.1, 0.15) is 26.2 Å². The van der Waals surface area contributed by atoms with Crippen LogP contribution in [0.5, 0.6) is 0 Å². The van der Waals surface area contributed by atoms with Crippen molar-refractivity contribution in [3.63, 3.8) is 0 Å². The Morgan fingerprint density at radius 1 is 1.54 bits per heavy atom. The highest BCUT2D eigenvalue weighted by molar-refractivity contribution is 9.09. The molecule has 0 spiro atoms. The average Bonchev–Trinajstić information content (AvgIpc) is 2.04. The van der Waals surface area contributed by atoms with Crippen LogP contribution in [0.25, 0.3) is 0 Å². The molecule has 0 N–H and O–H groups in total. The van der Waals surface area contributed by atoms with Crippen LogP contribution < -0.4 is 0 Å². The Hall–Kier alpha value is 0.390. The Morgan fingerprint density at radius 2 is 2.23 bits per heavy atom. The first kappa shape index (κ1) is 11.5. The first-order valence-electron chi connectivity index (χ1n) is 4.68. The van der Waals surface area contributed by atoms with Crippen molar-refractivity contribution in [2.45, 2.75) is 31.0 Å². The van der Waals surface area contributed by atoms with Crippen molar-refractivity contribution in [3.05, 3.63) is 0 Å². The van der Waals surface area contributed by atoms with Gasteiger partial charge < -0.3 is 0 Å². The Morgan fingerprint density at radius 3 is 2.77 bits per heavy atom. The van der Waals surface area contributed by atoms with E-state index in [0.29, 0.717) is 24.3 Å². The molecule has 1 aliphatic heterocycles. The molecule has 0 saturated carbocycles. The van der Waals surface area contributed by atoms with Gasteiger partial charge in [-0.2, -0.15) is 0 Å². The number of rotatable bonds is 3. The van der Waals surface area contributed by atoms with Crippen LogP contribution in [0, 0.1) is 0 Å². The van der Waals surface area contributed by atoms with E-state index in [4.69, 9.17) is 0 Å². The highest BCUT2D eigenvalue weighted by Crippen LogP contribution is 2.19. The molecule has 1 saturated heterocycles. The molecule has 0 aliphatic carbocycles. The van der Waals surface area contributed by atoms with Crippen LogP contribution in [0.15, 0.2) is 0 Å². The van der Waals surface area contributed by atoms with E-state index in [1.165, 1.54) is 0 Å². The fourth-order valence-corrected chi connectivity index (χ4v) is 3.99. The van der Waals surface area contributed by atoms with Crippen molar-refractivity contribution < 1.29 is 8.42 Å². The van der Waals surface area contributed by atoms with Gasteiger partial charge in [0.2, 0.25) is 10.0 Å². The minimum atomic E-state index is -2.96. The molecule has 0 aromatic heterocycles. The maximum atomic E-state index is 11.6. The van der Waals surface area contributed by atoms with Gasteiger partial charge in [0, 0.05) is 17.9 Å². The molecule has 1 atom stereocenters. The largest absolute Gasteiger partial charge is 0.214 e. The maximum Gasteiger partial charge on any atom is 0.214 e. The SMILES string of the molecule is CCCS(=O)(=O)N1CCCC(Br)C1. The van der Waals surface area contributed by atoms with Gasteiger partial charge in [-0.3, -0.25) is 0 Å². The number of alkyl halides is 1. The van der Waals surface area contributed by atoms with Gasteiger partial charge in [0.1, 0.15) is 0 Å². The van der Waals surface area contributed by atoms with Gasteiger partial charge in [0.25, 0.3) is 0 Å². The topological polar surface area (TPSA) is 37.4 Å². The summed E-state index contributed by atoms with van der Waals surface area (Å²) in [4.78, 5) is 0.341. The Kier molecular flexibility index (Phi) is 4.19. The zero-order chi connectivity index (χ0) is 9.90. The second-order valence-corrected chi connectivity index (χ2v) is 6.80. The predicted octanol–water partition coefficient (Wildman–Crippen LogP) is 1.59. The summed E-state index contributed by atoms with van der Waals surface area (Å²) in [5, 5.41) is 0. The van der Waals surface area contributed by atoms with Crippen LogP contribution >= 0.6 is 15.9 Å². The summed E-state index contributed by atoms with van der Waals surface area (Å²) in [7, 11) is -2.96. The van der Waals surface area contributed by atoms with Crippen molar-refractivity contribution in [3.8, 4) is 0 Å². The summed E-state index contributed by atoms with van der Waals surface area (Å²) < 4.78 is 24.9. The van der Waals surface area contributed by atoms with E-state index in [0.717, 1.165) is 12.8 Å². The molecule has 0 radical (unpaired) electrons. The van der Waals surface area contributed by atoms with E-state index >= 15 is 0 Å². The molecule has 0 aromatic rings. The summed E-state index contributed by atoms with van der Waals surface area (Å²) in [6.45, 7) is 3.24. The summed E-state index contributed by atoms with van der Waals surface area (Å²) in [5.41, 5.74) is 0. The number of piperidine rings is 1. The van der Waals surface area contributed by atoms with Crippen LogP contribution in [0.4, 0.5) is 0 Å². The first-order valence-corrected chi connectivity index (χ1v) is 7.20. The van der Waals surface area contributed by atoms with Gasteiger partial charge in [-0.1, -0.05) is 22.9 Å². The molecule has 1 unspecified atom stereocenters. The normalized spacial score (nSPS) is 26.2. The number of hydrogen-bond donors (Lipinski definition) is 0. The molecular formula is C8H16BrNO2S. The van der Waals surface area contributed by atoms with Crippen LogP contribution in [-0.2, 0) is 10.0 Å². The maximum absolute atomic E-state index is 11.6. The highest BCUT2D eigenvalue weighted by Gasteiger charge is 2.26. The van der Waals surface area contributed by atoms with Gasteiger partial charge in [-0.25, -0.2) is 12.7 Å². The molecule has 1 rings (SSSR count). The Balaban J connectivity index is 2.60. The molecule has 13 heavy (non-hydrogen) atoms. The van der Waals surface area contributed by atoms with Gasteiger partial charge >= 0.3 is 0 Å². The third-order valence-electron chi connectivity index (χ3n) is 2.18. The summed E-state index contributed by atoms with van der Waals surface area (Å²) >= 11 is 3.47. The van der Waals surface area contributed by atoms with Crippen molar-refractivity contribution in [2.24, 2.45) is 0 Å². The van der Waals surface area contributed by atoms with Gasteiger partial charge in [-0.05, 0) is 19.3 Å². The molecule has 78 valence electrons. The molecule has 0 amide bonds. The Bertz CT molecular complexity index is 253. The van der Waals surface area contributed by atoms with E-state index in [9.17, 15) is 8.42 Å². The summed E-state index contributed by atoms with van der Waals surface area (Å²) in [6.07, 6.45) is 2.75. The van der Waals surface area contributed by atoms with E-state index in [1.54, 1.807) is 4.31 Å². The molecule has 0 bridgehead atoms. The van der Waals surface area contributed by atoms with Crippen molar-refractivity contribution in [1.82, 2.24) is 4.31 Å². The third-order valence-corrected chi connectivity index (χ3v) is 4.97. The van der Waals surface area contributed by atoms with E-state index in [-0.39, 0.29) is 5.75 Å². The second-order valence-electron chi connectivity index (χ2n) is 3.41. The smallest absolute Gasteiger partial charge is 0.212 e. The molecular weight excluding hydrogens is 254 g/mol. The molecule has 1 fully saturated rings. The standard InChI is InChI=1S/C8H16BrNO2S/c1-2-6-13(11,12)10-5-3-4-8(9)7-10/h8H,2-7H2,1H3. The predicted molar refractivity (Wildman–Crippen MR) is 57.6 cm³/mol. The monoisotopic (exact) mass is 269 g/mol. The number of halogens is 1. The van der Waals surface area contributed by atoms with E-state index < -0.39 is 10.0 Å². The lowest BCUT2D eigenvalue weighted by molar-refractivity contribution is 0.356. The average molecular weight is 270 g/mol. The third kappa shape index (κ3) is 3.22. The van der Waals surface area contributed by atoms with Crippen LogP contribution in [-0.4, -0.2) is 36.4 Å². The quantitative estimate of drug-likeness (QED) is 0.730. The highest BCUT2D eigenvalue weighted by atomic mass is 79.9. The van der Waals surface area contributed by atoms with Crippen molar-refractivity contribution in [2.75, 3.05) is 18.8 Å². The van der Waals surface area contributed by atoms with Crippen molar-refractivity contribution in [1.29, 1.82) is 0 Å². The minimum absolute atomic E-state index is 0.284. The van der Waals surface area contributed by atoms with E-state index in [2.05, 4.69) is 15.9 Å². The zero-order valence-electron chi connectivity index (χ0n) is 7.87. The number of sulfonamides is 1. The molecule has 1 aliphatic rings. The number of nitrogens with zero attached hydrogens (tertiary/aromatic N) is 1. The second kappa shape index (κ2) is 4.75. The lowest BCUT2D eigenvalue weighted by Gasteiger charge is -2.28. The molecule has 1 heterocycles. The fourth-order valence-electron chi connectivity index (χ4n) is 1.53. The summed E-state index contributed by atoms with van der Waals surface area (Å²) in [5.74, 6) is 0.284. The van der Waals surface area contributed by atoms with E-state index in [1.807, 2.05) is 6.92 Å². The number of hydrogen-bond acceptors (Lipinski definition) is 2. The van der Waals surface area contributed by atoms with Crippen LogP contribution in [0.2, 0.25) is 0 Å². The molecule has 5 heteroatoms. The van der Waals surface area contributed by atoms with Gasteiger partial charge in [-0.15, -0.1) is 0 Å². The fraction of sp³-hybridized carbons (Fsp3) is 1.00. The minimum Gasteiger partial charge on any atom is -0.212 e. The van der Waals surface area contributed by atoms with Crippen LogP contribution in [0.3, 0.4) is 0 Å². The lowest BCUT2D eigenvalue weighted by atomic mass is 10.2. The lowest BCUT2D eigenvalue weighted by Crippen LogP contribution is -2.41. The molecule has 3 nitrogen and oxygen atoms in total. The zero-order valence-corrected chi connectivity index (χ0v) is 10.3. The first-order chi connectivity index (χ1) is 6.06. The van der Waals surface area contributed by atoms with Crippen molar-refractivity contribution >= 4 is 26.0 Å².